The van der Waals surface area contributed by atoms with Crippen molar-refractivity contribution in [3.05, 3.63) is 11.9 Å². The molecule has 1 aromatic rings. The summed E-state index contributed by atoms with van der Waals surface area (Å²) >= 11 is 0. The number of likely N-dealkylation sites (tertiary alicyclic amines) is 1. The summed E-state index contributed by atoms with van der Waals surface area (Å²) in [6.07, 6.45) is 10.1. The van der Waals surface area contributed by atoms with E-state index >= 15 is 0 Å². The van der Waals surface area contributed by atoms with Crippen molar-refractivity contribution < 1.29 is 14.3 Å². The van der Waals surface area contributed by atoms with Gasteiger partial charge in [0.1, 0.15) is 6.04 Å². The van der Waals surface area contributed by atoms with E-state index in [4.69, 9.17) is 4.74 Å². The van der Waals surface area contributed by atoms with Gasteiger partial charge in [-0.2, -0.15) is 0 Å². The lowest BCUT2D eigenvalue weighted by Crippen LogP contribution is -2.48. The third-order valence-corrected chi connectivity index (χ3v) is 4.92. The lowest BCUT2D eigenvalue weighted by molar-refractivity contribution is -0.147. The highest BCUT2D eigenvalue weighted by Crippen LogP contribution is 2.27. The molecule has 1 amide bonds. The van der Waals surface area contributed by atoms with Gasteiger partial charge in [0, 0.05) is 6.54 Å². The van der Waals surface area contributed by atoms with Crippen LogP contribution < -0.4 is 0 Å². The maximum absolute atomic E-state index is 12.7. The van der Waals surface area contributed by atoms with Crippen LogP contribution in [0.2, 0.25) is 0 Å². The Hall–Kier alpha value is -1.92. The molecule has 0 bridgehead atoms. The van der Waals surface area contributed by atoms with Crippen molar-refractivity contribution >= 4 is 11.9 Å². The van der Waals surface area contributed by atoms with Crippen LogP contribution in [0.15, 0.2) is 6.20 Å². The van der Waals surface area contributed by atoms with Crippen LogP contribution in [0.25, 0.3) is 0 Å². The van der Waals surface area contributed by atoms with E-state index in [1.54, 1.807) is 11.1 Å². The average molecular weight is 320 g/mol. The predicted molar refractivity (Wildman–Crippen MR) is 82.8 cm³/mol. The number of hydrogen-bond donors (Lipinski definition) is 0. The zero-order valence-corrected chi connectivity index (χ0v) is 13.6. The Balaban J connectivity index is 1.73. The molecule has 1 atom stereocenters. The molecular formula is C16H24N4O3. The molecule has 1 aromatic heterocycles. The Morgan fingerprint density at radius 3 is 2.61 bits per heavy atom. The molecular weight excluding hydrogens is 296 g/mol. The number of esters is 1. The maximum Gasteiger partial charge on any atom is 0.328 e. The first kappa shape index (κ1) is 16.0. The van der Waals surface area contributed by atoms with Crippen LogP contribution in [0, 0.1) is 0 Å². The van der Waals surface area contributed by atoms with E-state index < -0.39 is 6.04 Å². The molecule has 1 aliphatic carbocycles. The molecule has 3 rings (SSSR count). The average Bonchev–Trinajstić information content (AvgIpc) is 3.11. The minimum atomic E-state index is -0.499. The molecule has 1 aliphatic heterocycles. The van der Waals surface area contributed by atoms with Crippen LogP contribution in [-0.4, -0.2) is 51.5 Å². The number of carbonyl (C=O) groups excluding carboxylic acids is 2. The molecule has 7 heteroatoms. The third-order valence-electron chi connectivity index (χ3n) is 4.92. The summed E-state index contributed by atoms with van der Waals surface area (Å²) in [5.74, 6) is -0.570. The molecule has 1 saturated carbocycles. The number of amides is 1. The van der Waals surface area contributed by atoms with Crippen LogP contribution in [0.5, 0.6) is 0 Å². The van der Waals surface area contributed by atoms with Gasteiger partial charge in [-0.3, -0.25) is 4.79 Å². The molecule has 2 aliphatic rings. The van der Waals surface area contributed by atoms with Gasteiger partial charge < -0.3 is 9.64 Å². The van der Waals surface area contributed by atoms with Crippen molar-refractivity contribution in [2.24, 2.45) is 0 Å². The minimum absolute atomic E-state index is 0.220. The zero-order chi connectivity index (χ0) is 16.2. The molecule has 0 radical (unpaired) electrons. The van der Waals surface area contributed by atoms with Crippen molar-refractivity contribution in [2.45, 2.75) is 63.5 Å². The van der Waals surface area contributed by atoms with Crippen LogP contribution in [0.1, 0.15) is 67.9 Å². The van der Waals surface area contributed by atoms with Crippen molar-refractivity contribution in [3.8, 4) is 0 Å². The summed E-state index contributed by atoms with van der Waals surface area (Å²) in [5.41, 5.74) is 0.325. The maximum atomic E-state index is 12.7. The van der Waals surface area contributed by atoms with E-state index in [1.165, 1.54) is 26.4 Å². The van der Waals surface area contributed by atoms with Crippen LogP contribution in [-0.2, 0) is 9.53 Å². The minimum Gasteiger partial charge on any atom is -0.467 e. The van der Waals surface area contributed by atoms with Gasteiger partial charge in [-0.05, 0) is 32.1 Å². The van der Waals surface area contributed by atoms with Crippen LogP contribution in [0.4, 0.5) is 0 Å². The molecule has 0 unspecified atom stereocenters. The van der Waals surface area contributed by atoms with Crippen molar-refractivity contribution in [1.29, 1.82) is 0 Å². The van der Waals surface area contributed by atoms with E-state index in [9.17, 15) is 9.59 Å². The summed E-state index contributed by atoms with van der Waals surface area (Å²) < 4.78 is 6.66. The van der Waals surface area contributed by atoms with E-state index in [0.717, 1.165) is 25.7 Å². The molecule has 23 heavy (non-hydrogen) atoms. The van der Waals surface area contributed by atoms with Gasteiger partial charge in [-0.25, -0.2) is 9.48 Å². The normalized spacial score (nSPS) is 22.8. The van der Waals surface area contributed by atoms with Crippen LogP contribution in [0.3, 0.4) is 0 Å². The molecule has 7 nitrogen and oxygen atoms in total. The highest BCUT2D eigenvalue weighted by Gasteiger charge is 2.34. The summed E-state index contributed by atoms with van der Waals surface area (Å²) in [6.45, 7) is 0.564. The van der Waals surface area contributed by atoms with E-state index in [-0.39, 0.29) is 11.9 Å². The fourth-order valence-electron chi connectivity index (χ4n) is 3.60. The van der Waals surface area contributed by atoms with Gasteiger partial charge in [0.05, 0.1) is 19.3 Å². The number of rotatable bonds is 3. The second-order valence-corrected chi connectivity index (χ2v) is 6.41. The Kier molecular flexibility index (Phi) is 4.93. The molecule has 0 aromatic carbocycles. The quantitative estimate of drug-likeness (QED) is 0.796. The zero-order valence-electron chi connectivity index (χ0n) is 13.6. The molecule has 0 spiro atoms. The fraction of sp³-hybridized carbons (Fsp3) is 0.750. The number of piperidine rings is 1. The Bertz CT molecular complexity index is 565. The smallest absolute Gasteiger partial charge is 0.328 e. The third kappa shape index (κ3) is 3.38. The van der Waals surface area contributed by atoms with Gasteiger partial charge in [0.25, 0.3) is 5.91 Å². The largest absolute Gasteiger partial charge is 0.467 e. The SMILES string of the molecule is COC(=O)[C@H]1CCCCN1C(=O)c1cn(C2CCCCC2)nn1. The number of nitrogens with zero attached hydrogens (tertiary/aromatic N) is 4. The number of methoxy groups -OCH3 is 1. The van der Waals surface area contributed by atoms with E-state index in [1.807, 2.05) is 4.68 Å². The number of aromatic nitrogens is 3. The van der Waals surface area contributed by atoms with Gasteiger partial charge >= 0.3 is 5.97 Å². The topological polar surface area (TPSA) is 77.3 Å². The van der Waals surface area contributed by atoms with Crippen molar-refractivity contribution in [3.63, 3.8) is 0 Å². The van der Waals surface area contributed by atoms with E-state index in [0.29, 0.717) is 24.7 Å². The standard InChI is InChI=1S/C16H24N4O3/c1-23-16(22)14-9-5-6-10-19(14)15(21)13-11-20(18-17-13)12-7-3-2-4-8-12/h11-12,14H,2-10H2,1H3/t14-/m1/s1. The van der Waals surface area contributed by atoms with Crippen molar-refractivity contribution in [2.75, 3.05) is 13.7 Å². The number of ether oxygens (including phenoxy) is 1. The Morgan fingerprint density at radius 1 is 1.13 bits per heavy atom. The summed E-state index contributed by atoms with van der Waals surface area (Å²) in [5, 5.41) is 8.20. The van der Waals surface area contributed by atoms with E-state index in [2.05, 4.69) is 10.3 Å². The van der Waals surface area contributed by atoms with Gasteiger partial charge in [-0.1, -0.05) is 24.5 Å². The lowest BCUT2D eigenvalue weighted by atomic mass is 9.96. The predicted octanol–water partition coefficient (Wildman–Crippen LogP) is 1.95. The molecule has 126 valence electrons. The second-order valence-electron chi connectivity index (χ2n) is 6.41. The number of hydrogen-bond acceptors (Lipinski definition) is 5. The first-order valence-corrected chi connectivity index (χ1v) is 8.51. The lowest BCUT2D eigenvalue weighted by Gasteiger charge is -2.33. The van der Waals surface area contributed by atoms with Crippen LogP contribution >= 0.6 is 0 Å². The Morgan fingerprint density at radius 2 is 1.87 bits per heavy atom. The molecule has 2 fully saturated rings. The summed E-state index contributed by atoms with van der Waals surface area (Å²) in [4.78, 5) is 26.2. The Labute approximate surface area is 136 Å². The monoisotopic (exact) mass is 320 g/mol. The first-order chi connectivity index (χ1) is 11.2. The summed E-state index contributed by atoms with van der Waals surface area (Å²) in [7, 11) is 1.36. The first-order valence-electron chi connectivity index (χ1n) is 8.51. The fourth-order valence-corrected chi connectivity index (χ4v) is 3.60. The molecule has 2 heterocycles. The second kappa shape index (κ2) is 7.10. The highest BCUT2D eigenvalue weighted by molar-refractivity contribution is 5.95. The number of carbonyl (C=O) groups is 2. The van der Waals surface area contributed by atoms with Gasteiger partial charge in [-0.15, -0.1) is 5.10 Å². The highest BCUT2D eigenvalue weighted by atomic mass is 16.5. The molecule has 0 N–H and O–H groups in total. The van der Waals surface area contributed by atoms with Gasteiger partial charge in [0.15, 0.2) is 5.69 Å². The van der Waals surface area contributed by atoms with Crippen molar-refractivity contribution in [1.82, 2.24) is 19.9 Å². The summed E-state index contributed by atoms with van der Waals surface area (Å²) in [6, 6.07) is -0.156. The molecule has 1 saturated heterocycles. The van der Waals surface area contributed by atoms with Gasteiger partial charge in [0.2, 0.25) is 0 Å².